The molecule has 2 rings (SSSR count). The average Bonchev–Trinajstić information content (AvgIpc) is 2.43. The summed E-state index contributed by atoms with van der Waals surface area (Å²) >= 11 is 0. The quantitative estimate of drug-likeness (QED) is 0.388. The van der Waals surface area contributed by atoms with E-state index in [-0.39, 0.29) is 5.96 Å². The van der Waals surface area contributed by atoms with Gasteiger partial charge in [0.1, 0.15) is 5.75 Å². The SMILES string of the molecule is NC(N)=Nc1ccc(NC(=O)Oc2ccc(N)cc2)cc1. The molecule has 0 heterocycles. The largest absolute Gasteiger partial charge is 0.417 e. The number of rotatable bonds is 3. The van der Waals surface area contributed by atoms with Crippen molar-refractivity contribution in [2.45, 2.75) is 0 Å². The van der Waals surface area contributed by atoms with E-state index < -0.39 is 6.09 Å². The second-order valence-electron chi connectivity index (χ2n) is 4.17. The number of guanidine groups is 1. The fourth-order valence-electron chi connectivity index (χ4n) is 1.55. The lowest BCUT2D eigenvalue weighted by Gasteiger charge is -2.07. The molecule has 21 heavy (non-hydrogen) atoms. The summed E-state index contributed by atoms with van der Waals surface area (Å²) in [5.74, 6) is 0.372. The van der Waals surface area contributed by atoms with Crippen LogP contribution in [0.15, 0.2) is 53.5 Å². The summed E-state index contributed by atoms with van der Waals surface area (Å²) < 4.78 is 5.09. The van der Waals surface area contributed by atoms with E-state index in [9.17, 15) is 4.79 Å². The minimum Gasteiger partial charge on any atom is -0.410 e. The van der Waals surface area contributed by atoms with Crippen LogP contribution in [0.5, 0.6) is 5.75 Å². The van der Waals surface area contributed by atoms with Crippen molar-refractivity contribution in [1.82, 2.24) is 0 Å². The molecule has 0 aromatic heterocycles. The smallest absolute Gasteiger partial charge is 0.410 e. The third-order valence-electron chi connectivity index (χ3n) is 2.46. The van der Waals surface area contributed by atoms with Crippen LogP contribution in [0.1, 0.15) is 0 Å². The second kappa shape index (κ2) is 6.29. The van der Waals surface area contributed by atoms with E-state index in [0.29, 0.717) is 22.8 Å². The molecule has 2 aromatic rings. The number of hydrogen-bond acceptors (Lipinski definition) is 4. The summed E-state index contributed by atoms with van der Waals surface area (Å²) in [4.78, 5) is 15.6. The molecule has 0 aliphatic carbocycles. The van der Waals surface area contributed by atoms with E-state index in [1.54, 1.807) is 48.5 Å². The maximum Gasteiger partial charge on any atom is 0.417 e. The molecule has 1 amide bonds. The van der Waals surface area contributed by atoms with Gasteiger partial charge in [-0.3, -0.25) is 5.32 Å². The van der Waals surface area contributed by atoms with Crippen LogP contribution in [0.3, 0.4) is 0 Å². The van der Waals surface area contributed by atoms with Gasteiger partial charge in [-0.2, -0.15) is 0 Å². The number of nitrogens with one attached hydrogen (secondary N) is 1. The van der Waals surface area contributed by atoms with Crippen LogP contribution in [0.2, 0.25) is 0 Å². The van der Waals surface area contributed by atoms with Crippen LogP contribution in [0, 0.1) is 0 Å². The molecule has 0 saturated carbocycles. The van der Waals surface area contributed by atoms with E-state index in [4.69, 9.17) is 21.9 Å². The van der Waals surface area contributed by atoms with Crippen LogP contribution in [0.25, 0.3) is 0 Å². The number of benzene rings is 2. The maximum absolute atomic E-state index is 11.7. The first-order valence-corrected chi connectivity index (χ1v) is 6.07. The van der Waals surface area contributed by atoms with Gasteiger partial charge in [-0.15, -0.1) is 0 Å². The summed E-state index contributed by atoms with van der Waals surface area (Å²) in [6.07, 6.45) is -0.602. The van der Waals surface area contributed by atoms with Gasteiger partial charge in [-0.05, 0) is 48.5 Å². The van der Waals surface area contributed by atoms with E-state index in [0.717, 1.165) is 0 Å². The first kappa shape index (κ1) is 14.2. The van der Waals surface area contributed by atoms with Crippen molar-refractivity contribution in [2.24, 2.45) is 16.5 Å². The zero-order valence-electron chi connectivity index (χ0n) is 11.1. The number of nitrogen functional groups attached to an aromatic ring is 1. The lowest BCUT2D eigenvalue weighted by molar-refractivity contribution is 0.215. The van der Waals surface area contributed by atoms with Gasteiger partial charge in [0.15, 0.2) is 5.96 Å². The normalized spacial score (nSPS) is 9.71. The number of nitrogens with two attached hydrogens (primary N) is 3. The molecule has 7 nitrogen and oxygen atoms in total. The van der Waals surface area contributed by atoms with Gasteiger partial charge < -0.3 is 21.9 Å². The molecule has 0 bridgehead atoms. The van der Waals surface area contributed by atoms with Crippen molar-refractivity contribution in [3.63, 3.8) is 0 Å². The number of hydrogen-bond donors (Lipinski definition) is 4. The van der Waals surface area contributed by atoms with Gasteiger partial charge in [-0.25, -0.2) is 9.79 Å². The molecule has 7 heteroatoms. The van der Waals surface area contributed by atoms with Crippen LogP contribution in [-0.2, 0) is 0 Å². The molecule has 0 radical (unpaired) electrons. The van der Waals surface area contributed by atoms with Gasteiger partial charge in [0.05, 0.1) is 5.69 Å². The molecule has 7 N–H and O–H groups in total. The summed E-state index contributed by atoms with van der Waals surface area (Å²) in [7, 11) is 0. The zero-order valence-corrected chi connectivity index (χ0v) is 11.1. The predicted octanol–water partition coefficient (Wildman–Crippen LogP) is 1.78. The van der Waals surface area contributed by atoms with Crippen molar-refractivity contribution in [1.29, 1.82) is 0 Å². The topological polar surface area (TPSA) is 129 Å². The van der Waals surface area contributed by atoms with Crippen LogP contribution < -0.4 is 27.3 Å². The second-order valence-corrected chi connectivity index (χ2v) is 4.17. The molecule has 0 aliphatic rings. The Labute approximate surface area is 121 Å². The highest BCUT2D eigenvalue weighted by molar-refractivity contribution is 5.86. The minimum atomic E-state index is -0.602. The molecule has 0 spiro atoms. The molecule has 108 valence electrons. The van der Waals surface area contributed by atoms with Gasteiger partial charge in [0.2, 0.25) is 0 Å². The lowest BCUT2D eigenvalue weighted by atomic mass is 10.3. The van der Waals surface area contributed by atoms with Crippen molar-refractivity contribution in [3.8, 4) is 5.75 Å². The summed E-state index contributed by atoms with van der Waals surface area (Å²) in [5.41, 5.74) is 17.8. The Bertz CT molecular complexity index is 646. The van der Waals surface area contributed by atoms with Crippen molar-refractivity contribution < 1.29 is 9.53 Å². The molecule has 0 unspecified atom stereocenters. The lowest BCUT2D eigenvalue weighted by Crippen LogP contribution is -2.21. The highest BCUT2D eigenvalue weighted by Gasteiger charge is 2.05. The van der Waals surface area contributed by atoms with E-state index in [1.165, 1.54) is 0 Å². The molecule has 0 atom stereocenters. The van der Waals surface area contributed by atoms with E-state index >= 15 is 0 Å². The fourth-order valence-corrected chi connectivity index (χ4v) is 1.55. The highest BCUT2D eigenvalue weighted by atomic mass is 16.6. The Morgan fingerprint density at radius 2 is 1.62 bits per heavy atom. The molecule has 2 aromatic carbocycles. The molecule has 0 fully saturated rings. The first-order valence-electron chi connectivity index (χ1n) is 6.07. The standard InChI is InChI=1S/C14H15N5O2/c15-9-1-7-12(8-2-9)21-14(20)19-11-5-3-10(4-6-11)18-13(16)17/h1-8H,15H2,(H,19,20)(H4,16,17,18). The van der Waals surface area contributed by atoms with Crippen LogP contribution >= 0.6 is 0 Å². The van der Waals surface area contributed by atoms with Crippen molar-refractivity contribution in [3.05, 3.63) is 48.5 Å². The van der Waals surface area contributed by atoms with E-state index in [1.807, 2.05) is 0 Å². The Hall–Kier alpha value is -3.22. The molecular formula is C14H15N5O2. The number of ether oxygens (including phenoxy) is 1. The molecule has 0 aliphatic heterocycles. The monoisotopic (exact) mass is 285 g/mol. The highest BCUT2D eigenvalue weighted by Crippen LogP contribution is 2.17. The van der Waals surface area contributed by atoms with Crippen LogP contribution in [-0.4, -0.2) is 12.1 Å². The number of aliphatic imine (C=N–C) groups is 1. The molecular weight excluding hydrogens is 270 g/mol. The Morgan fingerprint density at radius 1 is 1.00 bits per heavy atom. The number of carbonyl (C=O) groups excluding carboxylic acids is 1. The van der Waals surface area contributed by atoms with Crippen molar-refractivity contribution in [2.75, 3.05) is 11.1 Å². The number of nitrogens with zero attached hydrogens (tertiary/aromatic N) is 1. The summed E-state index contributed by atoms with van der Waals surface area (Å²) in [6, 6.07) is 13.2. The van der Waals surface area contributed by atoms with E-state index in [2.05, 4.69) is 10.3 Å². The third kappa shape index (κ3) is 4.43. The van der Waals surface area contributed by atoms with Gasteiger partial charge in [0, 0.05) is 11.4 Å². The average molecular weight is 285 g/mol. The maximum atomic E-state index is 11.7. The van der Waals surface area contributed by atoms with Gasteiger partial charge in [-0.1, -0.05) is 0 Å². The summed E-state index contributed by atoms with van der Waals surface area (Å²) in [6.45, 7) is 0. The predicted molar refractivity (Wildman–Crippen MR) is 82.4 cm³/mol. The van der Waals surface area contributed by atoms with Gasteiger partial charge >= 0.3 is 6.09 Å². The fraction of sp³-hybridized carbons (Fsp3) is 0. The Morgan fingerprint density at radius 3 is 2.19 bits per heavy atom. The number of amides is 1. The number of anilines is 2. The van der Waals surface area contributed by atoms with Crippen molar-refractivity contribution >= 4 is 29.1 Å². The Balaban J connectivity index is 1.96. The first-order chi connectivity index (χ1) is 10.0. The number of carbonyl (C=O) groups is 1. The third-order valence-corrected chi connectivity index (χ3v) is 2.46. The Kier molecular flexibility index (Phi) is 4.25. The summed E-state index contributed by atoms with van der Waals surface area (Å²) in [5, 5.41) is 2.58. The zero-order chi connectivity index (χ0) is 15.2. The molecule has 0 saturated heterocycles. The minimum absolute atomic E-state index is 0.0292. The van der Waals surface area contributed by atoms with Crippen LogP contribution in [0.4, 0.5) is 21.9 Å². The van der Waals surface area contributed by atoms with Gasteiger partial charge in [0.25, 0.3) is 0 Å².